The van der Waals surface area contributed by atoms with Crippen LogP contribution in [0.4, 0.5) is 4.79 Å². The summed E-state index contributed by atoms with van der Waals surface area (Å²) in [6, 6.07) is 25.1. The van der Waals surface area contributed by atoms with Gasteiger partial charge in [0.15, 0.2) is 0 Å². The first-order valence-corrected chi connectivity index (χ1v) is 11.5. The Labute approximate surface area is 204 Å². The maximum Gasteiger partial charge on any atom is 0.407 e. The number of ether oxygens (including phenoxy) is 1. The molecule has 0 radical (unpaired) electrons. The molecule has 4 rings (SSSR count). The molecule has 0 saturated heterocycles. The highest BCUT2D eigenvalue weighted by atomic mass is 16.5. The molecule has 7 heteroatoms. The minimum absolute atomic E-state index is 0.0395. The Hall–Kier alpha value is -4.13. The van der Waals surface area contributed by atoms with Crippen LogP contribution in [0.3, 0.4) is 0 Å². The van der Waals surface area contributed by atoms with Gasteiger partial charge in [0.1, 0.15) is 12.1 Å². The normalized spacial score (nSPS) is 13.3. The van der Waals surface area contributed by atoms with Gasteiger partial charge in [-0.2, -0.15) is 0 Å². The molecule has 3 N–H and O–H groups in total. The molecule has 0 aromatic heterocycles. The molecule has 1 unspecified atom stereocenters. The summed E-state index contributed by atoms with van der Waals surface area (Å²) in [4.78, 5) is 37.0. The molecule has 180 valence electrons. The van der Waals surface area contributed by atoms with E-state index < -0.39 is 29.4 Å². The number of aliphatic carboxylic acids is 1. The minimum Gasteiger partial charge on any atom is -0.480 e. The van der Waals surface area contributed by atoms with E-state index in [4.69, 9.17) is 4.74 Å². The fourth-order valence-corrected chi connectivity index (χ4v) is 4.33. The summed E-state index contributed by atoms with van der Waals surface area (Å²) in [7, 11) is 0. The lowest BCUT2D eigenvalue weighted by molar-refractivity contribution is -0.146. The second-order valence-corrected chi connectivity index (χ2v) is 9.09. The van der Waals surface area contributed by atoms with E-state index in [9.17, 15) is 19.5 Å². The van der Waals surface area contributed by atoms with Crippen LogP contribution in [0, 0.1) is 0 Å². The van der Waals surface area contributed by atoms with Crippen molar-refractivity contribution in [3.63, 3.8) is 0 Å². The van der Waals surface area contributed by atoms with E-state index in [0.29, 0.717) is 5.56 Å². The molecular formula is C28H28N2O5. The van der Waals surface area contributed by atoms with Gasteiger partial charge in [-0.3, -0.25) is 4.79 Å². The molecule has 7 nitrogen and oxygen atoms in total. The molecule has 1 aliphatic rings. The van der Waals surface area contributed by atoms with Crippen LogP contribution in [0.1, 0.15) is 42.4 Å². The Balaban J connectivity index is 1.42. The Morgan fingerprint density at radius 3 is 2.00 bits per heavy atom. The Morgan fingerprint density at radius 2 is 1.43 bits per heavy atom. The van der Waals surface area contributed by atoms with E-state index in [1.165, 1.54) is 13.8 Å². The second-order valence-electron chi connectivity index (χ2n) is 9.09. The molecule has 3 aromatic carbocycles. The summed E-state index contributed by atoms with van der Waals surface area (Å²) in [5.74, 6) is -2.50. The van der Waals surface area contributed by atoms with Gasteiger partial charge >= 0.3 is 12.1 Å². The zero-order chi connectivity index (χ0) is 25.0. The zero-order valence-electron chi connectivity index (χ0n) is 19.7. The Kier molecular flexibility index (Phi) is 6.87. The third-order valence-electron chi connectivity index (χ3n) is 6.28. The van der Waals surface area contributed by atoms with Gasteiger partial charge in [0.2, 0.25) is 5.91 Å². The number of benzene rings is 3. The molecule has 0 spiro atoms. The highest BCUT2D eigenvalue weighted by Gasteiger charge is 2.33. The zero-order valence-corrected chi connectivity index (χ0v) is 19.7. The van der Waals surface area contributed by atoms with Crippen LogP contribution in [-0.4, -0.2) is 41.8 Å². The van der Waals surface area contributed by atoms with Crippen LogP contribution in [-0.2, 0) is 14.3 Å². The van der Waals surface area contributed by atoms with Crippen LogP contribution in [0.2, 0.25) is 0 Å². The molecule has 1 atom stereocenters. The third-order valence-corrected chi connectivity index (χ3v) is 6.28. The fraction of sp³-hybridized carbons (Fsp3) is 0.250. The average Bonchev–Trinajstić information content (AvgIpc) is 3.17. The van der Waals surface area contributed by atoms with E-state index in [1.807, 2.05) is 42.5 Å². The summed E-state index contributed by atoms with van der Waals surface area (Å²) in [6.07, 6.45) is -0.641. The number of hydrogen-bond acceptors (Lipinski definition) is 4. The van der Waals surface area contributed by atoms with Crippen LogP contribution in [0.5, 0.6) is 0 Å². The summed E-state index contributed by atoms with van der Waals surface area (Å²) < 4.78 is 5.57. The number of hydrogen-bond donors (Lipinski definition) is 3. The number of carboxylic acid groups (broad SMARTS) is 1. The largest absolute Gasteiger partial charge is 0.480 e. The smallest absolute Gasteiger partial charge is 0.407 e. The minimum atomic E-state index is -1.45. The summed E-state index contributed by atoms with van der Waals surface area (Å²) in [5.41, 5.74) is 3.70. The van der Waals surface area contributed by atoms with Gasteiger partial charge in [0, 0.05) is 12.5 Å². The second kappa shape index (κ2) is 10.0. The third kappa shape index (κ3) is 5.19. The molecule has 1 aliphatic carbocycles. The standard InChI is InChI=1S/C28H28N2O5/c1-28(2,26(32)33)30-25(31)23(18-10-4-3-5-11-18)16-29-27(34)35-17-24-21-14-8-6-12-19(21)20-13-7-9-15-22(20)24/h3-15,23-24H,16-17H2,1-2H3,(H,29,34)(H,30,31)(H,32,33). The molecule has 0 saturated carbocycles. The van der Waals surface area contributed by atoms with Gasteiger partial charge < -0.3 is 20.5 Å². The van der Waals surface area contributed by atoms with Gasteiger partial charge in [-0.05, 0) is 41.7 Å². The van der Waals surface area contributed by atoms with Crippen molar-refractivity contribution in [2.75, 3.05) is 13.2 Å². The quantitative estimate of drug-likeness (QED) is 0.454. The van der Waals surface area contributed by atoms with Gasteiger partial charge in [0.05, 0.1) is 5.92 Å². The van der Waals surface area contributed by atoms with Crippen LogP contribution in [0.15, 0.2) is 78.9 Å². The molecule has 0 bridgehead atoms. The molecular weight excluding hydrogens is 444 g/mol. The SMILES string of the molecule is CC(C)(NC(=O)C(CNC(=O)OCC1c2ccccc2-c2ccccc21)c1ccccc1)C(=O)O. The van der Waals surface area contributed by atoms with E-state index in [0.717, 1.165) is 22.3 Å². The van der Waals surface area contributed by atoms with Crippen molar-refractivity contribution < 1.29 is 24.2 Å². The molecule has 3 aromatic rings. The van der Waals surface area contributed by atoms with Gasteiger partial charge in [0.25, 0.3) is 0 Å². The lowest BCUT2D eigenvalue weighted by Gasteiger charge is -2.25. The number of alkyl carbamates (subject to hydrolysis) is 1. The van der Waals surface area contributed by atoms with Crippen molar-refractivity contribution >= 4 is 18.0 Å². The predicted octanol–water partition coefficient (Wildman–Crippen LogP) is 4.29. The molecule has 0 fully saturated rings. The number of carboxylic acids is 1. The first-order chi connectivity index (χ1) is 16.8. The van der Waals surface area contributed by atoms with Crippen molar-refractivity contribution in [2.45, 2.75) is 31.2 Å². The number of nitrogens with one attached hydrogen (secondary N) is 2. The van der Waals surface area contributed by atoms with E-state index in [1.54, 1.807) is 24.3 Å². The number of fused-ring (bicyclic) bond motifs is 3. The lowest BCUT2D eigenvalue weighted by Crippen LogP contribution is -2.52. The van der Waals surface area contributed by atoms with Gasteiger partial charge in [-0.25, -0.2) is 9.59 Å². The topological polar surface area (TPSA) is 105 Å². The Morgan fingerprint density at radius 1 is 0.886 bits per heavy atom. The highest BCUT2D eigenvalue weighted by Crippen LogP contribution is 2.44. The van der Waals surface area contributed by atoms with E-state index in [2.05, 4.69) is 22.8 Å². The Bertz CT molecular complexity index is 1190. The van der Waals surface area contributed by atoms with Crippen molar-refractivity contribution in [2.24, 2.45) is 0 Å². The summed E-state index contributed by atoms with van der Waals surface area (Å²) in [5, 5.41) is 14.6. The van der Waals surface area contributed by atoms with Gasteiger partial charge in [-0.1, -0.05) is 78.9 Å². The predicted molar refractivity (Wildman–Crippen MR) is 132 cm³/mol. The van der Waals surface area contributed by atoms with Crippen LogP contribution in [0.25, 0.3) is 11.1 Å². The summed E-state index contributed by atoms with van der Waals surface area (Å²) in [6.45, 7) is 2.94. The molecule has 2 amide bonds. The van der Waals surface area contributed by atoms with Crippen molar-refractivity contribution in [1.29, 1.82) is 0 Å². The lowest BCUT2D eigenvalue weighted by atomic mass is 9.96. The van der Waals surface area contributed by atoms with E-state index in [-0.39, 0.29) is 19.1 Å². The van der Waals surface area contributed by atoms with E-state index >= 15 is 0 Å². The maximum absolute atomic E-state index is 13.0. The van der Waals surface area contributed by atoms with Crippen LogP contribution < -0.4 is 10.6 Å². The fourth-order valence-electron chi connectivity index (χ4n) is 4.33. The number of rotatable bonds is 8. The van der Waals surface area contributed by atoms with Crippen molar-refractivity contribution in [1.82, 2.24) is 10.6 Å². The van der Waals surface area contributed by atoms with Crippen LogP contribution >= 0.6 is 0 Å². The highest BCUT2D eigenvalue weighted by molar-refractivity contribution is 5.90. The number of carbonyl (C=O) groups is 3. The van der Waals surface area contributed by atoms with Crippen molar-refractivity contribution in [3.8, 4) is 11.1 Å². The monoisotopic (exact) mass is 472 g/mol. The number of amides is 2. The van der Waals surface area contributed by atoms with Gasteiger partial charge in [-0.15, -0.1) is 0 Å². The maximum atomic E-state index is 13.0. The summed E-state index contributed by atoms with van der Waals surface area (Å²) >= 11 is 0. The molecule has 0 aliphatic heterocycles. The molecule has 0 heterocycles. The first kappa shape index (κ1) is 24.0. The first-order valence-electron chi connectivity index (χ1n) is 11.5. The van der Waals surface area contributed by atoms with Crippen molar-refractivity contribution in [3.05, 3.63) is 95.6 Å². The average molecular weight is 473 g/mol. The number of carbonyl (C=O) groups excluding carboxylic acids is 2. The molecule has 35 heavy (non-hydrogen) atoms.